The fourth-order valence-corrected chi connectivity index (χ4v) is 0.595. The van der Waals surface area contributed by atoms with Crippen LogP contribution in [0.5, 0.6) is 0 Å². The standard InChI is InChI=1S/C8H12O3/c1-4-7(9)6(2)5-8(10)11-3/h5H,4H2,1-3H3/b6-5+. The number of hydrogen-bond donors (Lipinski definition) is 0. The lowest BCUT2D eigenvalue weighted by atomic mass is 10.1. The number of ether oxygens (including phenoxy) is 1. The van der Waals surface area contributed by atoms with Crippen LogP contribution in [0.3, 0.4) is 0 Å². The molecule has 0 atom stereocenters. The van der Waals surface area contributed by atoms with Gasteiger partial charge < -0.3 is 4.74 Å². The molecule has 0 N–H and O–H groups in total. The van der Waals surface area contributed by atoms with Gasteiger partial charge in [-0.15, -0.1) is 0 Å². The molecule has 0 radical (unpaired) electrons. The zero-order valence-electron chi connectivity index (χ0n) is 7.01. The van der Waals surface area contributed by atoms with E-state index in [-0.39, 0.29) is 5.78 Å². The van der Waals surface area contributed by atoms with Gasteiger partial charge in [-0.3, -0.25) is 4.79 Å². The summed E-state index contributed by atoms with van der Waals surface area (Å²) in [5.74, 6) is -0.514. The van der Waals surface area contributed by atoms with Gasteiger partial charge >= 0.3 is 5.97 Å². The van der Waals surface area contributed by atoms with Crippen molar-refractivity contribution < 1.29 is 14.3 Å². The van der Waals surface area contributed by atoms with Gasteiger partial charge in [-0.25, -0.2) is 4.79 Å². The second kappa shape index (κ2) is 4.66. The van der Waals surface area contributed by atoms with E-state index in [2.05, 4.69) is 4.74 Å². The van der Waals surface area contributed by atoms with Crippen LogP contribution in [0.25, 0.3) is 0 Å². The number of carbonyl (C=O) groups excluding carboxylic acids is 2. The highest BCUT2D eigenvalue weighted by molar-refractivity contribution is 5.99. The number of rotatable bonds is 3. The van der Waals surface area contributed by atoms with Gasteiger partial charge in [-0.05, 0) is 12.5 Å². The molecule has 0 aromatic heterocycles. The average molecular weight is 156 g/mol. The van der Waals surface area contributed by atoms with Crippen molar-refractivity contribution in [1.29, 1.82) is 0 Å². The molecule has 0 saturated heterocycles. The minimum atomic E-state index is -0.482. The predicted molar refractivity (Wildman–Crippen MR) is 41.1 cm³/mol. The molecule has 0 amide bonds. The minimum absolute atomic E-state index is 0.0320. The van der Waals surface area contributed by atoms with E-state index >= 15 is 0 Å². The molecule has 0 aliphatic carbocycles. The molecular weight excluding hydrogens is 144 g/mol. The minimum Gasteiger partial charge on any atom is -0.466 e. The number of hydrogen-bond acceptors (Lipinski definition) is 3. The van der Waals surface area contributed by atoms with Crippen LogP contribution >= 0.6 is 0 Å². The largest absolute Gasteiger partial charge is 0.466 e. The molecule has 0 aliphatic heterocycles. The summed E-state index contributed by atoms with van der Waals surface area (Å²) in [5.41, 5.74) is 0.444. The van der Waals surface area contributed by atoms with Crippen LogP contribution in [-0.4, -0.2) is 18.9 Å². The van der Waals surface area contributed by atoms with Crippen molar-refractivity contribution in [3.05, 3.63) is 11.6 Å². The van der Waals surface area contributed by atoms with Gasteiger partial charge in [0.2, 0.25) is 0 Å². The third-order valence-electron chi connectivity index (χ3n) is 1.30. The van der Waals surface area contributed by atoms with Crippen molar-refractivity contribution in [3.8, 4) is 0 Å². The number of Topliss-reactive ketones (excluding diaryl/α,β-unsaturated/α-hetero) is 1. The molecule has 11 heavy (non-hydrogen) atoms. The van der Waals surface area contributed by atoms with E-state index in [1.165, 1.54) is 13.2 Å². The molecule has 0 heterocycles. The van der Waals surface area contributed by atoms with Crippen LogP contribution in [0.4, 0.5) is 0 Å². The summed E-state index contributed by atoms with van der Waals surface area (Å²) >= 11 is 0. The third kappa shape index (κ3) is 3.55. The maximum Gasteiger partial charge on any atom is 0.330 e. The lowest BCUT2D eigenvalue weighted by Crippen LogP contribution is -2.02. The molecular formula is C8H12O3. The van der Waals surface area contributed by atoms with Crippen molar-refractivity contribution in [1.82, 2.24) is 0 Å². The maximum atomic E-state index is 10.9. The Balaban J connectivity index is 4.21. The number of carbonyl (C=O) groups is 2. The first-order chi connectivity index (χ1) is 5.11. The smallest absolute Gasteiger partial charge is 0.330 e. The first kappa shape index (κ1) is 9.88. The second-order valence-corrected chi connectivity index (χ2v) is 2.13. The van der Waals surface area contributed by atoms with Gasteiger partial charge in [0.05, 0.1) is 7.11 Å². The van der Waals surface area contributed by atoms with Gasteiger partial charge in [0, 0.05) is 12.5 Å². The molecule has 0 spiro atoms. The second-order valence-electron chi connectivity index (χ2n) is 2.13. The summed E-state index contributed by atoms with van der Waals surface area (Å²) < 4.78 is 4.35. The van der Waals surface area contributed by atoms with E-state index in [4.69, 9.17) is 0 Å². The molecule has 0 unspecified atom stereocenters. The lowest BCUT2D eigenvalue weighted by molar-refractivity contribution is -0.135. The Morgan fingerprint density at radius 2 is 2.00 bits per heavy atom. The topological polar surface area (TPSA) is 43.4 Å². The Morgan fingerprint density at radius 1 is 1.45 bits per heavy atom. The Labute approximate surface area is 66.0 Å². The van der Waals surface area contributed by atoms with Crippen LogP contribution in [0.15, 0.2) is 11.6 Å². The molecule has 0 fully saturated rings. The highest BCUT2D eigenvalue weighted by Gasteiger charge is 2.03. The van der Waals surface area contributed by atoms with Crippen LogP contribution in [0.1, 0.15) is 20.3 Å². The molecule has 0 bridgehead atoms. The fraction of sp³-hybridized carbons (Fsp3) is 0.500. The average Bonchev–Trinajstić information content (AvgIpc) is 2.02. The summed E-state index contributed by atoms with van der Waals surface area (Å²) in [6, 6.07) is 0. The summed E-state index contributed by atoms with van der Waals surface area (Å²) in [6.45, 7) is 3.35. The van der Waals surface area contributed by atoms with Crippen molar-refractivity contribution >= 4 is 11.8 Å². The Bertz CT molecular complexity index is 192. The van der Waals surface area contributed by atoms with E-state index in [1.54, 1.807) is 13.8 Å². The van der Waals surface area contributed by atoms with Gasteiger partial charge in [0.15, 0.2) is 5.78 Å². The van der Waals surface area contributed by atoms with Crippen molar-refractivity contribution in [2.45, 2.75) is 20.3 Å². The molecule has 62 valence electrons. The van der Waals surface area contributed by atoms with E-state index < -0.39 is 5.97 Å². The van der Waals surface area contributed by atoms with Crippen molar-refractivity contribution in [2.75, 3.05) is 7.11 Å². The quantitative estimate of drug-likeness (QED) is 0.453. The van der Waals surface area contributed by atoms with Crippen molar-refractivity contribution in [2.24, 2.45) is 0 Å². The zero-order chi connectivity index (χ0) is 8.85. The monoisotopic (exact) mass is 156 g/mol. The number of allylic oxidation sites excluding steroid dienone is 1. The fourth-order valence-electron chi connectivity index (χ4n) is 0.595. The first-order valence-corrected chi connectivity index (χ1v) is 3.41. The van der Waals surface area contributed by atoms with E-state index in [9.17, 15) is 9.59 Å². The molecule has 3 heteroatoms. The first-order valence-electron chi connectivity index (χ1n) is 3.41. The van der Waals surface area contributed by atoms with Crippen LogP contribution in [-0.2, 0) is 14.3 Å². The number of esters is 1. The molecule has 0 rings (SSSR count). The number of methoxy groups -OCH3 is 1. The summed E-state index contributed by atoms with van der Waals surface area (Å²) in [6.07, 6.45) is 1.62. The van der Waals surface area contributed by atoms with Crippen LogP contribution in [0, 0.1) is 0 Å². The summed E-state index contributed by atoms with van der Waals surface area (Å²) in [4.78, 5) is 21.5. The van der Waals surface area contributed by atoms with Gasteiger partial charge in [0.1, 0.15) is 0 Å². The molecule has 3 nitrogen and oxygen atoms in total. The predicted octanol–water partition coefficient (Wildman–Crippen LogP) is 1.08. The van der Waals surface area contributed by atoms with Crippen molar-refractivity contribution in [3.63, 3.8) is 0 Å². The lowest BCUT2D eigenvalue weighted by Gasteiger charge is -1.95. The SMILES string of the molecule is CCC(=O)/C(C)=C/C(=O)OC. The Morgan fingerprint density at radius 3 is 2.36 bits per heavy atom. The molecule has 0 saturated carbocycles. The highest BCUT2D eigenvalue weighted by Crippen LogP contribution is 1.98. The summed E-state index contributed by atoms with van der Waals surface area (Å²) in [7, 11) is 1.28. The van der Waals surface area contributed by atoms with E-state index in [1.807, 2.05) is 0 Å². The normalized spacial score (nSPS) is 11.0. The zero-order valence-corrected chi connectivity index (χ0v) is 7.01. The van der Waals surface area contributed by atoms with Gasteiger partial charge in [-0.2, -0.15) is 0 Å². The van der Waals surface area contributed by atoms with Crippen LogP contribution < -0.4 is 0 Å². The van der Waals surface area contributed by atoms with Gasteiger partial charge in [-0.1, -0.05) is 6.92 Å². The molecule has 0 aromatic carbocycles. The van der Waals surface area contributed by atoms with Gasteiger partial charge in [0.25, 0.3) is 0 Å². The number of ketones is 1. The van der Waals surface area contributed by atoms with Crippen LogP contribution in [0.2, 0.25) is 0 Å². The Hall–Kier alpha value is -1.12. The maximum absolute atomic E-state index is 10.9. The Kier molecular flexibility index (Phi) is 4.18. The van der Waals surface area contributed by atoms with E-state index in [0.717, 1.165) is 0 Å². The molecule has 0 aliphatic rings. The third-order valence-corrected chi connectivity index (χ3v) is 1.30. The van der Waals surface area contributed by atoms with E-state index in [0.29, 0.717) is 12.0 Å². The summed E-state index contributed by atoms with van der Waals surface area (Å²) in [5, 5.41) is 0. The molecule has 0 aromatic rings. The highest BCUT2D eigenvalue weighted by atomic mass is 16.5.